The number of halogens is 6. The molecule has 2 saturated heterocycles. The molecule has 0 bridgehead atoms. The van der Waals surface area contributed by atoms with E-state index in [2.05, 4.69) is 0 Å². The minimum atomic E-state index is -5.07. The molecule has 2 aliphatic heterocycles. The van der Waals surface area contributed by atoms with Gasteiger partial charge in [-0.05, 0) is 55.5 Å². The first-order valence-electron chi connectivity index (χ1n) is 12.1. The van der Waals surface area contributed by atoms with Crippen molar-refractivity contribution in [3.05, 3.63) is 68.8 Å². The summed E-state index contributed by atoms with van der Waals surface area (Å²) < 4.78 is 85.5. The van der Waals surface area contributed by atoms with Gasteiger partial charge >= 0.3 is 18.4 Å². The van der Waals surface area contributed by atoms with Crippen molar-refractivity contribution < 1.29 is 45.9 Å². The Morgan fingerprint density at radius 3 is 2.28 bits per heavy atom. The van der Waals surface area contributed by atoms with E-state index in [-0.39, 0.29) is 30.8 Å². The topological polar surface area (TPSA) is 96.1 Å². The smallest absolute Gasteiger partial charge is 0.416 e. The van der Waals surface area contributed by atoms with Crippen LogP contribution in [0.1, 0.15) is 48.1 Å². The number of nitro benzene ring substituents is 1. The first kappa shape index (κ1) is 28.5. The van der Waals surface area contributed by atoms with Crippen LogP contribution in [0.2, 0.25) is 0 Å². The van der Waals surface area contributed by atoms with Gasteiger partial charge in [-0.2, -0.15) is 26.3 Å². The second-order valence-corrected chi connectivity index (χ2v) is 9.72. The predicted octanol–water partition coefficient (Wildman–Crippen LogP) is 5.92. The van der Waals surface area contributed by atoms with Crippen molar-refractivity contribution >= 4 is 17.5 Å². The molecule has 0 saturated carbocycles. The van der Waals surface area contributed by atoms with Crippen molar-refractivity contribution in [1.29, 1.82) is 0 Å². The summed E-state index contributed by atoms with van der Waals surface area (Å²) in [5.41, 5.74) is -2.86. The lowest BCUT2D eigenvalue weighted by Crippen LogP contribution is -2.38. The summed E-state index contributed by atoms with van der Waals surface area (Å²) in [4.78, 5) is 26.7. The van der Waals surface area contributed by atoms with Gasteiger partial charge in [0.2, 0.25) is 0 Å². The highest BCUT2D eigenvalue weighted by atomic mass is 19.4. The molecule has 2 heterocycles. The van der Waals surface area contributed by atoms with Crippen LogP contribution in [0.4, 0.5) is 42.5 Å². The lowest BCUT2D eigenvalue weighted by Gasteiger charge is -2.35. The van der Waals surface area contributed by atoms with Gasteiger partial charge in [-0.1, -0.05) is 0 Å². The minimum Gasteiger partial charge on any atom is -0.439 e. The Morgan fingerprint density at radius 2 is 1.72 bits per heavy atom. The Hall–Kier alpha value is -3.55. The first-order valence-corrected chi connectivity index (χ1v) is 12.1. The van der Waals surface area contributed by atoms with Crippen LogP contribution < -0.4 is 4.90 Å². The van der Waals surface area contributed by atoms with Crippen molar-refractivity contribution in [2.45, 2.75) is 50.8 Å². The lowest BCUT2D eigenvalue weighted by atomic mass is 9.96. The number of benzene rings is 2. The number of carbonyl (C=O) groups is 1. The number of rotatable bonds is 6. The van der Waals surface area contributed by atoms with Crippen molar-refractivity contribution in [3.8, 4) is 0 Å². The molecule has 14 heteroatoms. The Kier molecular flexibility index (Phi) is 7.70. The van der Waals surface area contributed by atoms with E-state index >= 15 is 0 Å². The first-order chi connectivity index (χ1) is 18.2. The van der Waals surface area contributed by atoms with Crippen LogP contribution >= 0.6 is 0 Å². The third kappa shape index (κ3) is 6.05. The zero-order valence-electron chi connectivity index (χ0n) is 20.6. The number of amides is 1. The van der Waals surface area contributed by atoms with Gasteiger partial charge in [-0.25, -0.2) is 4.79 Å². The van der Waals surface area contributed by atoms with Crippen LogP contribution in [0.5, 0.6) is 0 Å². The van der Waals surface area contributed by atoms with E-state index in [4.69, 9.17) is 4.74 Å². The zero-order chi connectivity index (χ0) is 28.7. The average Bonchev–Trinajstić information content (AvgIpc) is 3.15. The minimum absolute atomic E-state index is 0.00362. The number of carbonyl (C=O) groups excluding carboxylic acids is 1. The number of alkyl halides is 6. The maximum absolute atomic E-state index is 13.4. The lowest BCUT2D eigenvalue weighted by molar-refractivity contribution is -0.384. The Labute approximate surface area is 218 Å². The quantitative estimate of drug-likeness (QED) is 0.267. The number of ether oxygens (including phenoxy) is 1. The number of hydrogen-bond donors (Lipinski definition) is 1. The van der Waals surface area contributed by atoms with Crippen molar-refractivity contribution in [1.82, 2.24) is 4.90 Å². The third-order valence-corrected chi connectivity index (χ3v) is 7.06. The predicted molar refractivity (Wildman–Crippen MR) is 126 cm³/mol. The summed E-state index contributed by atoms with van der Waals surface area (Å²) in [7, 11) is 0. The number of nitrogens with zero attached hydrogens (tertiary/aromatic N) is 3. The van der Waals surface area contributed by atoms with Crippen molar-refractivity contribution in [3.63, 3.8) is 0 Å². The Morgan fingerprint density at radius 1 is 1.08 bits per heavy atom. The fourth-order valence-corrected chi connectivity index (χ4v) is 5.04. The van der Waals surface area contributed by atoms with Crippen molar-refractivity contribution in [2.24, 2.45) is 5.92 Å². The van der Waals surface area contributed by atoms with E-state index in [1.165, 1.54) is 25.1 Å². The van der Waals surface area contributed by atoms with Gasteiger partial charge in [-0.3, -0.25) is 15.0 Å². The molecule has 2 aliphatic rings. The number of anilines is 1. The Balaban J connectivity index is 1.68. The molecule has 0 aromatic heterocycles. The SMILES string of the molecule is C[C@H]1[C@@H](c2cc(C(F)(F)F)cc(C(F)(F)F)c2)OC(=O)N1Cc1cc([N+](=O)[O-])ccc1N1CCCC(CO)C1. The van der Waals surface area contributed by atoms with Gasteiger partial charge in [0.05, 0.1) is 28.6 Å². The highest BCUT2D eigenvalue weighted by Crippen LogP contribution is 2.41. The number of aliphatic hydroxyl groups excluding tert-OH is 1. The molecule has 0 aliphatic carbocycles. The van der Waals surface area contributed by atoms with Crippen LogP contribution in [0.25, 0.3) is 0 Å². The maximum Gasteiger partial charge on any atom is 0.416 e. The van der Waals surface area contributed by atoms with Crippen LogP contribution in [-0.2, 0) is 23.6 Å². The van der Waals surface area contributed by atoms with Gasteiger partial charge in [0.1, 0.15) is 6.10 Å². The molecule has 39 heavy (non-hydrogen) atoms. The van der Waals surface area contributed by atoms with Gasteiger partial charge < -0.3 is 14.7 Å². The number of aliphatic hydroxyl groups is 1. The summed E-state index contributed by atoms with van der Waals surface area (Å²) in [6.07, 6.45) is -11.0. The number of hydrogen-bond acceptors (Lipinski definition) is 6. The molecule has 2 fully saturated rings. The average molecular weight is 561 g/mol. The van der Waals surface area contributed by atoms with Crippen molar-refractivity contribution in [2.75, 3.05) is 24.6 Å². The summed E-state index contributed by atoms with van der Waals surface area (Å²) in [6, 6.07) is 4.15. The van der Waals surface area contributed by atoms with E-state index in [0.29, 0.717) is 36.5 Å². The Bertz CT molecular complexity index is 1220. The standard InChI is InChI=1S/C25H25F6N3O5/c1-14-22(16-7-18(24(26,27)28)10-19(8-16)25(29,30)31)39-23(36)33(14)12-17-9-20(34(37)38)4-5-21(17)32-6-2-3-15(11-32)13-35/h4-5,7-10,14-15,22,35H,2-3,6,11-13H2,1H3/t14-,15?,22-/m0/s1. The number of piperidine rings is 1. The molecule has 2 aromatic carbocycles. The monoisotopic (exact) mass is 561 g/mol. The molecule has 1 amide bonds. The number of nitro groups is 1. The van der Waals surface area contributed by atoms with Crippen LogP contribution in [0, 0.1) is 16.0 Å². The van der Waals surface area contributed by atoms with Crippen LogP contribution in [0.15, 0.2) is 36.4 Å². The van der Waals surface area contributed by atoms with E-state index in [0.717, 1.165) is 17.7 Å². The molecular weight excluding hydrogens is 536 g/mol. The molecule has 0 radical (unpaired) electrons. The highest BCUT2D eigenvalue weighted by molar-refractivity contribution is 5.72. The van der Waals surface area contributed by atoms with E-state index in [1.807, 2.05) is 4.90 Å². The van der Waals surface area contributed by atoms with Gasteiger partial charge in [0, 0.05) is 43.1 Å². The summed E-state index contributed by atoms with van der Waals surface area (Å²) >= 11 is 0. The number of non-ortho nitro benzene ring substituents is 1. The molecule has 212 valence electrons. The normalized spacial score (nSPS) is 22.3. The molecule has 2 aromatic rings. The van der Waals surface area contributed by atoms with Crippen LogP contribution in [0.3, 0.4) is 0 Å². The van der Waals surface area contributed by atoms with E-state index < -0.39 is 52.2 Å². The second kappa shape index (κ2) is 10.5. The zero-order valence-corrected chi connectivity index (χ0v) is 20.6. The third-order valence-electron chi connectivity index (χ3n) is 7.06. The van der Waals surface area contributed by atoms with Gasteiger partial charge in [0.15, 0.2) is 0 Å². The highest BCUT2D eigenvalue weighted by Gasteiger charge is 2.43. The molecule has 1 N–H and O–H groups in total. The summed E-state index contributed by atoms with van der Waals surface area (Å²) in [5, 5.41) is 21.0. The number of cyclic esters (lactones) is 1. The van der Waals surface area contributed by atoms with Crippen LogP contribution in [-0.4, -0.2) is 46.8 Å². The van der Waals surface area contributed by atoms with Gasteiger partial charge in [0.25, 0.3) is 5.69 Å². The molecule has 1 unspecified atom stereocenters. The maximum atomic E-state index is 13.4. The molecule has 0 spiro atoms. The van der Waals surface area contributed by atoms with E-state index in [1.54, 1.807) is 0 Å². The summed E-state index contributed by atoms with van der Waals surface area (Å²) in [5.74, 6) is -0.0226. The fraction of sp³-hybridized carbons (Fsp3) is 0.480. The molecule has 4 rings (SSSR count). The molecular formula is C25H25F6N3O5. The molecule has 8 nitrogen and oxygen atoms in total. The largest absolute Gasteiger partial charge is 0.439 e. The summed E-state index contributed by atoms with van der Waals surface area (Å²) in [6.45, 7) is 2.19. The fourth-order valence-electron chi connectivity index (χ4n) is 5.04. The second-order valence-electron chi connectivity index (χ2n) is 9.72. The molecule has 3 atom stereocenters. The van der Waals surface area contributed by atoms with E-state index in [9.17, 15) is 46.4 Å². The van der Waals surface area contributed by atoms with Gasteiger partial charge in [-0.15, -0.1) is 0 Å².